The van der Waals surface area contributed by atoms with Crippen LogP contribution < -0.4 is 5.32 Å². The van der Waals surface area contributed by atoms with Crippen molar-refractivity contribution in [2.45, 2.75) is 63.1 Å². The molecule has 1 N–H and O–H groups in total. The number of carbonyl (C=O) groups is 2. The fourth-order valence-electron chi connectivity index (χ4n) is 4.11. The van der Waals surface area contributed by atoms with Crippen molar-refractivity contribution in [1.29, 1.82) is 5.26 Å². The van der Waals surface area contributed by atoms with Crippen molar-refractivity contribution in [3.8, 4) is 6.07 Å². The predicted octanol–water partition coefficient (Wildman–Crippen LogP) is 5.66. The summed E-state index contributed by atoms with van der Waals surface area (Å²) in [4.78, 5) is 25.1. The average molecular weight is 442 g/mol. The van der Waals surface area contributed by atoms with Crippen LogP contribution >= 0.6 is 0 Å². The number of ketones is 1. The molecule has 2 aromatic rings. The van der Waals surface area contributed by atoms with E-state index >= 15 is 0 Å². The highest BCUT2D eigenvalue weighted by Crippen LogP contribution is 2.34. The van der Waals surface area contributed by atoms with Gasteiger partial charge in [-0.2, -0.15) is 18.4 Å². The second-order valence-corrected chi connectivity index (χ2v) is 8.26. The normalized spacial score (nSPS) is 15.6. The van der Waals surface area contributed by atoms with Crippen LogP contribution in [0.1, 0.15) is 77.9 Å². The van der Waals surface area contributed by atoms with Gasteiger partial charge in [-0.3, -0.25) is 9.59 Å². The molecule has 0 bridgehead atoms. The zero-order valence-electron chi connectivity index (χ0n) is 17.6. The summed E-state index contributed by atoms with van der Waals surface area (Å²) in [6.07, 6.45) is -0.878. The Kier molecular flexibility index (Phi) is 7.68. The summed E-state index contributed by atoms with van der Waals surface area (Å²) < 4.78 is 39.5. The molecule has 2 aromatic carbocycles. The van der Waals surface area contributed by atoms with Gasteiger partial charge in [0.1, 0.15) is 0 Å². The minimum Gasteiger partial charge on any atom is -0.353 e. The number of carbonyl (C=O) groups excluding carboxylic acids is 2. The van der Waals surface area contributed by atoms with Gasteiger partial charge >= 0.3 is 6.18 Å². The molecule has 7 heteroatoms. The molecule has 0 saturated heterocycles. The van der Waals surface area contributed by atoms with Crippen LogP contribution in [0.5, 0.6) is 0 Å². The first-order chi connectivity index (χ1) is 15.2. The number of hydrogen-bond donors (Lipinski definition) is 1. The van der Waals surface area contributed by atoms with Gasteiger partial charge in [0.05, 0.1) is 18.1 Å². The fourth-order valence-corrected chi connectivity index (χ4v) is 4.11. The summed E-state index contributed by atoms with van der Waals surface area (Å²) >= 11 is 0. The molecule has 1 aliphatic carbocycles. The van der Waals surface area contributed by atoms with Crippen LogP contribution in [-0.4, -0.2) is 23.9 Å². The van der Waals surface area contributed by atoms with Crippen molar-refractivity contribution in [1.82, 2.24) is 5.32 Å². The second kappa shape index (κ2) is 10.4. The summed E-state index contributed by atoms with van der Waals surface area (Å²) in [6.45, 7) is 0. The zero-order valence-corrected chi connectivity index (χ0v) is 17.6. The Balaban J connectivity index is 1.72. The van der Waals surface area contributed by atoms with Crippen molar-refractivity contribution >= 4 is 11.7 Å². The molecule has 1 amide bonds. The van der Waals surface area contributed by atoms with E-state index in [1.165, 1.54) is 48.5 Å². The lowest BCUT2D eigenvalue weighted by Crippen LogP contribution is -2.37. The van der Waals surface area contributed by atoms with Gasteiger partial charge in [0.2, 0.25) is 5.91 Å². The van der Waals surface area contributed by atoms with E-state index in [1.54, 1.807) is 0 Å². The molecule has 168 valence electrons. The van der Waals surface area contributed by atoms with Gasteiger partial charge < -0.3 is 5.32 Å². The van der Waals surface area contributed by atoms with Crippen molar-refractivity contribution in [3.63, 3.8) is 0 Å². The van der Waals surface area contributed by atoms with Gasteiger partial charge in [0.15, 0.2) is 5.78 Å². The third kappa shape index (κ3) is 6.68. The van der Waals surface area contributed by atoms with Gasteiger partial charge in [0, 0.05) is 29.5 Å². The summed E-state index contributed by atoms with van der Waals surface area (Å²) in [5.41, 5.74) is 1.52. The summed E-state index contributed by atoms with van der Waals surface area (Å²) in [7, 11) is 0. The lowest BCUT2D eigenvalue weighted by atomic mass is 9.89. The highest BCUT2D eigenvalue weighted by molar-refractivity contribution is 6.09. The minimum atomic E-state index is -4.41. The SMILES string of the molecule is N#Cc1ccc(C(=O)c2ccc(C(CC(=O)NC3CCCCC3)CC(F)(F)F)cc2)cc1. The lowest BCUT2D eigenvalue weighted by molar-refractivity contribution is -0.141. The number of halogens is 3. The van der Waals surface area contributed by atoms with E-state index in [-0.39, 0.29) is 24.2 Å². The van der Waals surface area contributed by atoms with E-state index in [0.717, 1.165) is 32.1 Å². The molecule has 1 fully saturated rings. The number of hydrogen-bond acceptors (Lipinski definition) is 3. The first-order valence-corrected chi connectivity index (χ1v) is 10.8. The maximum Gasteiger partial charge on any atom is 0.389 e. The molecule has 1 atom stereocenters. The predicted molar refractivity (Wildman–Crippen MR) is 114 cm³/mol. The lowest BCUT2D eigenvalue weighted by Gasteiger charge is -2.25. The maximum atomic E-state index is 13.2. The average Bonchev–Trinajstić information content (AvgIpc) is 2.78. The number of benzene rings is 2. The highest BCUT2D eigenvalue weighted by Gasteiger charge is 2.34. The van der Waals surface area contributed by atoms with Crippen LogP contribution in [0.3, 0.4) is 0 Å². The van der Waals surface area contributed by atoms with Crippen LogP contribution in [-0.2, 0) is 4.79 Å². The Bertz CT molecular complexity index is 970. The Morgan fingerprint density at radius 2 is 1.53 bits per heavy atom. The van der Waals surface area contributed by atoms with E-state index in [2.05, 4.69) is 5.32 Å². The number of nitrogens with zero attached hydrogens (tertiary/aromatic N) is 1. The van der Waals surface area contributed by atoms with Crippen LogP contribution in [0.2, 0.25) is 0 Å². The smallest absolute Gasteiger partial charge is 0.353 e. The van der Waals surface area contributed by atoms with Crippen molar-refractivity contribution in [2.75, 3.05) is 0 Å². The van der Waals surface area contributed by atoms with Crippen LogP contribution in [0.4, 0.5) is 13.2 Å². The molecular weight excluding hydrogens is 417 g/mol. The van der Waals surface area contributed by atoms with E-state index in [0.29, 0.717) is 22.3 Å². The summed E-state index contributed by atoms with van der Waals surface area (Å²) in [5, 5.41) is 11.7. The molecule has 0 heterocycles. The van der Waals surface area contributed by atoms with Gasteiger partial charge in [0.25, 0.3) is 0 Å². The minimum absolute atomic E-state index is 0.0372. The molecule has 32 heavy (non-hydrogen) atoms. The Labute approximate surface area is 185 Å². The first kappa shape index (κ1) is 23.5. The third-order valence-electron chi connectivity index (χ3n) is 5.80. The molecule has 3 rings (SSSR count). The number of amides is 1. The molecule has 1 saturated carbocycles. The number of nitrogens with one attached hydrogen (secondary N) is 1. The Morgan fingerprint density at radius 1 is 0.969 bits per heavy atom. The van der Waals surface area contributed by atoms with Gasteiger partial charge in [-0.25, -0.2) is 0 Å². The van der Waals surface area contributed by atoms with Crippen LogP contribution in [0, 0.1) is 11.3 Å². The highest BCUT2D eigenvalue weighted by atomic mass is 19.4. The molecule has 0 spiro atoms. The van der Waals surface area contributed by atoms with Gasteiger partial charge in [-0.1, -0.05) is 43.5 Å². The van der Waals surface area contributed by atoms with Crippen molar-refractivity contribution < 1.29 is 22.8 Å². The Hall–Kier alpha value is -3.14. The van der Waals surface area contributed by atoms with Crippen molar-refractivity contribution in [2.24, 2.45) is 0 Å². The quantitative estimate of drug-likeness (QED) is 0.562. The summed E-state index contributed by atoms with van der Waals surface area (Å²) in [6, 6.07) is 14.1. The van der Waals surface area contributed by atoms with E-state index < -0.39 is 18.5 Å². The molecule has 1 aliphatic rings. The number of rotatable bonds is 7. The monoisotopic (exact) mass is 442 g/mol. The van der Waals surface area contributed by atoms with Gasteiger partial charge in [-0.05, 0) is 42.7 Å². The fraction of sp³-hybridized carbons (Fsp3) is 0.400. The van der Waals surface area contributed by atoms with E-state index in [1.807, 2.05) is 6.07 Å². The summed E-state index contributed by atoms with van der Waals surface area (Å²) in [5.74, 6) is -1.68. The zero-order chi connectivity index (χ0) is 23.1. The number of alkyl halides is 3. The standard InChI is InChI=1S/C25H25F3N2O2/c26-25(27,28)15-21(14-23(31)30-22-4-2-1-3-5-22)18-10-12-20(13-11-18)24(32)19-8-6-17(16-29)7-9-19/h6-13,21-22H,1-5,14-15H2,(H,30,31). The maximum absolute atomic E-state index is 13.2. The number of nitriles is 1. The van der Waals surface area contributed by atoms with E-state index in [9.17, 15) is 22.8 Å². The molecule has 0 aliphatic heterocycles. The van der Waals surface area contributed by atoms with Crippen molar-refractivity contribution in [3.05, 3.63) is 70.8 Å². The molecule has 0 aromatic heterocycles. The van der Waals surface area contributed by atoms with Crippen LogP contribution in [0.15, 0.2) is 48.5 Å². The molecule has 4 nitrogen and oxygen atoms in total. The molecule has 0 radical (unpaired) electrons. The molecular formula is C25H25F3N2O2. The van der Waals surface area contributed by atoms with Gasteiger partial charge in [-0.15, -0.1) is 0 Å². The third-order valence-corrected chi connectivity index (χ3v) is 5.80. The first-order valence-electron chi connectivity index (χ1n) is 10.8. The van der Waals surface area contributed by atoms with E-state index in [4.69, 9.17) is 5.26 Å². The Morgan fingerprint density at radius 3 is 2.06 bits per heavy atom. The second-order valence-electron chi connectivity index (χ2n) is 8.26. The molecule has 1 unspecified atom stereocenters. The largest absolute Gasteiger partial charge is 0.389 e. The van der Waals surface area contributed by atoms with Crippen LogP contribution in [0.25, 0.3) is 0 Å². The topological polar surface area (TPSA) is 70.0 Å².